The molecule has 0 heterocycles. The van der Waals surface area contributed by atoms with Gasteiger partial charge in [-0.15, -0.1) is 0 Å². The Morgan fingerprint density at radius 3 is 2.76 bits per heavy atom. The molecule has 0 amide bonds. The lowest BCUT2D eigenvalue weighted by atomic mass is 10.1. The molecular formula is C14H22N2O. The molecule has 1 atom stereocenters. The number of hydrogen-bond donors (Lipinski definition) is 2. The molecule has 0 bridgehead atoms. The Morgan fingerprint density at radius 2 is 2.12 bits per heavy atom. The van der Waals surface area contributed by atoms with E-state index in [0.29, 0.717) is 5.75 Å². The van der Waals surface area contributed by atoms with Gasteiger partial charge >= 0.3 is 0 Å². The van der Waals surface area contributed by atoms with Gasteiger partial charge in [-0.3, -0.25) is 0 Å². The molecule has 1 unspecified atom stereocenters. The van der Waals surface area contributed by atoms with Crippen LogP contribution in [0.1, 0.15) is 31.4 Å². The fourth-order valence-electron chi connectivity index (χ4n) is 2.12. The summed E-state index contributed by atoms with van der Waals surface area (Å²) >= 11 is 0. The van der Waals surface area contributed by atoms with Gasteiger partial charge in [-0.2, -0.15) is 0 Å². The molecule has 1 aromatic rings. The third-order valence-electron chi connectivity index (χ3n) is 3.49. The molecule has 3 nitrogen and oxygen atoms in total. The van der Waals surface area contributed by atoms with Gasteiger partial charge < -0.3 is 15.3 Å². The van der Waals surface area contributed by atoms with Crippen LogP contribution in [0.2, 0.25) is 0 Å². The fraction of sp³-hybridized carbons (Fsp3) is 0.571. The van der Waals surface area contributed by atoms with Gasteiger partial charge in [0.15, 0.2) is 0 Å². The van der Waals surface area contributed by atoms with Crippen LogP contribution >= 0.6 is 0 Å². The summed E-state index contributed by atoms with van der Waals surface area (Å²) in [5.74, 6) is 0.378. The van der Waals surface area contributed by atoms with Gasteiger partial charge in [0.05, 0.1) is 0 Å². The van der Waals surface area contributed by atoms with Crippen molar-refractivity contribution in [3.8, 4) is 5.75 Å². The Morgan fingerprint density at radius 1 is 1.41 bits per heavy atom. The fourth-order valence-corrected chi connectivity index (χ4v) is 2.12. The predicted octanol–water partition coefficient (Wildman–Crippen LogP) is 2.14. The molecule has 2 N–H and O–H groups in total. The van der Waals surface area contributed by atoms with Gasteiger partial charge in [-0.05, 0) is 32.9 Å². The van der Waals surface area contributed by atoms with Crippen LogP contribution in [0.25, 0.3) is 0 Å². The van der Waals surface area contributed by atoms with Crippen LogP contribution in [-0.2, 0) is 0 Å². The van der Waals surface area contributed by atoms with Crippen LogP contribution in [0.15, 0.2) is 24.3 Å². The second-order valence-corrected chi connectivity index (χ2v) is 4.95. The van der Waals surface area contributed by atoms with Crippen molar-refractivity contribution in [3.05, 3.63) is 29.8 Å². The third-order valence-corrected chi connectivity index (χ3v) is 3.49. The number of nitrogens with zero attached hydrogens (tertiary/aromatic N) is 1. The maximum Gasteiger partial charge on any atom is 0.120 e. The van der Waals surface area contributed by atoms with Crippen molar-refractivity contribution in [2.45, 2.75) is 31.8 Å². The first-order valence-electron chi connectivity index (χ1n) is 6.40. The standard InChI is InChI=1S/C14H22N2O/c1-11(13-5-3-4-6-14(13)17)15-9-10-16(2)12-7-8-12/h3-6,11-12,15,17H,7-10H2,1-2H3. The van der Waals surface area contributed by atoms with Crippen LogP contribution in [0.4, 0.5) is 0 Å². The smallest absolute Gasteiger partial charge is 0.120 e. The highest BCUT2D eigenvalue weighted by atomic mass is 16.3. The van der Waals surface area contributed by atoms with Crippen LogP contribution in [0.5, 0.6) is 5.75 Å². The Hall–Kier alpha value is -1.06. The number of phenols is 1. The summed E-state index contributed by atoms with van der Waals surface area (Å²) in [5, 5.41) is 13.2. The van der Waals surface area contributed by atoms with Crippen LogP contribution in [0.3, 0.4) is 0 Å². The molecule has 2 rings (SSSR count). The minimum atomic E-state index is 0.198. The summed E-state index contributed by atoms with van der Waals surface area (Å²) < 4.78 is 0. The maximum atomic E-state index is 9.74. The van der Waals surface area contributed by atoms with Crippen LogP contribution in [-0.4, -0.2) is 36.2 Å². The van der Waals surface area contributed by atoms with Crippen LogP contribution in [0, 0.1) is 0 Å². The molecule has 0 aliphatic heterocycles. The molecule has 3 heteroatoms. The zero-order valence-corrected chi connectivity index (χ0v) is 10.7. The Labute approximate surface area is 103 Å². The summed E-state index contributed by atoms with van der Waals surface area (Å²) in [5.41, 5.74) is 0.974. The van der Waals surface area contributed by atoms with Crippen molar-refractivity contribution in [2.75, 3.05) is 20.1 Å². The number of hydrogen-bond acceptors (Lipinski definition) is 3. The summed E-state index contributed by atoms with van der Waals surface area (Å²) in [6, 6.07) is 8.54. The van der Waals surface area contributed by atoms with E-state index in [1.54, 1.807) is 6.07 Å². The first kappa shape index (κ1) is 12.4. The van der Waals surface area contributed by atoms with Gasteiger partial charge in [0.2, 0.25) is 0 Å². The number of rotatable bonds is 6. The lowest BCUT2D eigenvalue weighted by Gasteiger charge is -2.19. The largest absolute Gasteiger partial charge is 0.508 e. The number of nitrogens with one attached hydrogen (secondary N) is 1. The van der Waals surface area contributed by atoms with Crippen molar-refractivity contribution in [2.24, 2.45) is 0 Å². The average Bonchev–Trinajstić information content (AvgIpc) is 3.13. The molecule has 0 saturated heterocycles. The number of phenolic OH excluding ortho intramolecular Hbond substituents is 1. The normalized spacial score (nSPS) is 17.4. The van der Waals surface area contributed by atoms with Gasteiger partial charge in [0.25, 0.3) is 0 Å². The van der Waals surface area contributed by atoms with E-state index >= 15 is 0 Å². The third kappa shape index (κ3) is 3.45. The van der Waals surface area contributed by atoms with Crippen molar-refractivity contribution in [3.63, 3.8) is 0 Å². The highest BCUT2D eigenvalue weighted by molar-refractivity contribution is 5.34. The van der Waals surface area contributed by atoms with Crippen molar-refractivity contribution < 1.29 is 5.11 Å². The molecule has 1 aromatic carbocycles. The van der Waals surface area contributed by atoms with Crippen molar-refractivity contribution in [1.82, 2.24) is 10.2 Å². The van der Waals surface area contributed by atoms with E-state index in [0.717, 1.165) is 24.7 Å². The summed E-state index contributed by atoms with van der Waals surface area (Å²) in [7, 11) is 2.18. The van der Waals surface area contributed by atoms with Gasteiger partial charge in [0.1, 0.15) is 5.75 Å². The van der Waals surface area contributed by atoms with Gasteiger partial charge in [-0.1, -0.05) is 18.2 Å². The lowest BCUT2D eigenvalue weighted by Crippen LogP contribution is -2.31. The quantitative estimate of drug-likeness (QED) is 0.791. The van der Waals surface area contributed by atoms with Crippen LogP contribution < -0.4 is 5.32 Å². The second-order valence-electron chi connectivity index (χ2n) is 4.95. The van der Waals surface area contributed by atoms with E-state index in [1.807, 2.05) is 18.2 Å². The zero-order chi connectivity index (χ0) is 12.3. The number of likely N-dealkylation sites (N-methyl/N-ethyl adjacent to an activating group) is 1. The second kappa shape index (κ2) is 5.52. The van der Waals surface area contributed by atoms with Gasteiger partial charge in [-0.25, -0.2) is 0 Å². The Bertz CT molecular complexity index is 363. The van der Waals surface area contributed by atoms with E-state index in [-0.39, 0.29) is 6.04 Å². The predicted molar refractivity (Wildman–Crippen MR) is 70.2 cm³/mol. The molecular weight excluding hydrogens is 212 g/mol. The lowest BCUT2D eigenvalue weighted by molar-refractivity contribution is 0.315. The molecule has 94 valence electrons. The van der Waals surface area contributed by atoms with Gasteiger partial charge in [0, 0.05) is 30.7 Å². The van der Waals surface area contributed by atoms with E-state index in [4.69, 9.17) is 0 Å². The molecule has 1 saturated carbocycles. The summed E-state index contributed by atoms with van der Waals surface area (Å²) in [4.78, 5) is 2.41. The molecule has 0 radical (unpaired) electrons. The number of benzene rings is 1. The van der Waals surface area contributed by atoms with E-state index < -0.39 is 0 Å². The number of aromatic hydroxyl groups is 1. The zero-order valence-electron chi connectivity index (χ0n) is 10.7. The Kier molecular flexibility index (Phi) is 4.02. The first-order valence-corrected chi connectivity index (χ1v) is 6.40. The van der Waals surface area contributed by atoms with E-state index in [1.165, 1.54) is 12.8 Å². The van der Waals surface area contributed by atoms with Crippen molar-refractivity contribution in [1.29, 1.82) is 0 Å². The molecule has 1 aliphatic carbocycles. The number of para-hydroxylation sites is 1. The average molecular weight is 234 g/mol. The molecule has 0 aromatic heterocycles. The SMILES string of the molecule is CC(NCCN(C)C1CC1)c1ccccc1O. The molecule has 1 fully saturated rings. The summed E-state index contributed by atoms with van der Waals surface area (Å²) in [6.45, 7) is 4.12. The summed E-state index contributed by atoms with van der Waals surface area (Å²) in [6.07, 6.45) is 2.71. The maximum absolute atomic E-state index is 9.74. The molecule has 1 aliphatic rings. The minimum absolute atomic E-state index is 0.198. The highest BCUT2D eigenvalue weighted by Crippen LogP contribution is 2.25. The highest BCUT2D eigenvalue weighted by Gasteiger charge is 2.25. The monoisotopic (exact) mass is 234 g/mol. The van der Waals surface area contributed by atoms with E-state index in [2.05, 4.69) is 24.2 Å². The minimum Gasteiger partial charge on any atom is -0.508 e. The Balaban J connectivity index is 1.76. The molecule has 0 spiro atoms. The first-order chi connectivity index (χ1) is 8.18. The molecule has 17 heavy (non-hydrogen) atoms. The van der Waals surface area contributed by atoms with E-state index in [9.17, 15) is 5.11 Å². The van der Waals surface area contributed by atoms with Crippen molar-refractivity contribution >= 4 is 0 Å². The topological polar surface area (TPSA) is 35.5 Å².